The normalized spacial score (nSPS) is 14.6. The molecule has 6 heteroatoms. The Hall–Kier alpha value is -0.827. The second-order valence-electron chi connectivity index (χ2n) is 6.12. The summed E-state index contributed by atoms with van der Waals surface area (Å²) in [5.74, 6) is 0.989. The van der Waals surface area contributed by atoms with Crippen LogP contribution in [0.15, 0.2) is 47.5 Å². The topological polar surface area (TPSA) is 41.8 Å². The third-order valence-corrected chi connectivity index (χ3v) is 4.43. The van der Waals surface area contributed by atoms with Gasteiger partial charge in [0, 0.05) is 23.4 Å². The minimum absolute atomic E-state index is 0.261. The molecule has 2 aromatic rings. The molecule has 3 rings (SSSR count). The van der Waals surface area contributed by atoms with Crippen molar-refractivity contribution in [3.05, 3.63) is 48.0 Å². The van der Waals surface area contributed by atoms with Crippen molar-refractivity contribution < 1.29 is 30.7 Å². The Morgan fingerprint density at radius 3 is 2.38 bits per heavy atom. The van der Waals surface area contributed by atoms with E-state index in [4.69, 9.17) is 21.8 Å². The molecule has 1 aliphatic carbocycles. The molecular formula is C20H23Cl2NO2Zr. The van der Waals surface area contributed by atoms with Crippen LogP contribution in [0.3, 0.4) is 0 Å². The van der Waals surface area contributed by atoms with Crippen LogP contribution in [0.2, 0.25) is 0 Å². The number of aliphatic imine (C=N–C) groups is 1. The second kappa shape index (κ2) is 11.8. The zero-order chi connectivity index (χ0) is 18.8. The number of hydrogen-bond acceptors (Lipinski definition) is 3. The number of nitrogens with zero attached hydrogens (tertiary/aromatic N) is 1. The summed E-state index contributed by atoms with van der Waals surface area (Å²) in [5, 5.41) is 10.6. The third kappa shape index (κ3) is 6.41. The molecule has 0 radical (unpaired) electrons. The van der Waals surface area contributed by atoms with Crippen molar-refractivity contribution in [2.75, 3.05) is 7.11 Å². The SMILES string of the molecule is COc1cc(C=NC2CCCCC2)c(O)c(-c2ccccc2)c1.[Cl][Zr][Cl]. The van der Waals surface area contributed by atoms with Crippen LogP contribution in [0.4, 0.5) is 0 Å². The van der Waals surface area contributed by atoms with Crippen molar-refractivity contribution in [2.45, 2.75) is 38.1 Å². The van der Waals surface area contributed by atoms with E-state index in [0.717, 1.165) is 29.7 Å². The van der Waals surface area contributed by atoms with Crippen molar-refractivity contribution >= 4 is 23.2 Å². The number of phenols is 1. The van der Waals surface area contributed by atoms with Crippen LogP contribution >= 0.6 is 17.0 Å². The van der Waals surface area contributed by atoms with Gasteiger partial charge in [-0.1, -0.05) is 49.6 Å². The van der Waals surface area contributed by atoms with Gasteiger partial charge in [-0.05, 0) is 30.5 Å². The van der Waals surface area contributed by atoms with E-state index in [1.165, 1.54) is 19.3 Å². The third-order valence-electron chi connectivity index (χ3n) is 4.43. The predicted molar refractivity (Wildman–Crippen MR) is 106 cm³/mol. The maximum atomic E-state index is 10.6. The van der Waals surface area contributed by atoms with Crippen LogP contribution in [0.1, 0.15) is 37.7 Å². The second-order valence-corrected chi connectivity index (χ2v) is 9.85. The van der Waals surface area contributed by atoms with E-state index in [0.29, 0.717) is 11.6 Å². The van der Waals surface area contributed by atoms with E-state index >= 15 is 0 Å². The fourth-order valence-electron chi connectivity index (χ4n) is 3.10. The average Bonchev–Trinajstić information content (AvgIpc) is 2.69. The molecule has 1 aliphatic rings. The first kappa shape index (κ1) is 21.5. The van der Waals surface area contributed by atoms with Crippen LogP contribution in [0.5, 0.6) is 11.5 Å². The van der Waals surface area contributed by atoms with Gasteiger partial charge < -0.3 is 9.84 Å². The number of halogens is 2. The standard InChI is InChI=1S/C20H23NO2.2ClH.Zr/c1-23-18-12-16(14-21-17-10-6-3-7-11-17)20(22)19(13-18)15-8-4-2-5-9-15;;;/h2,4-5,8-9,12-14,17,22H,3,6-7,10-11H2,1H3;2*1H;/q;;;+2/p-2. The van der Waals surface area contributed by atoms with Crippen LogP contribution in [0, 0.1) is 0 Å². The van der Waals surface area contributed by atoms with E-state index in [-0.39, 0.29) is 5.75 Å². The van der Waals surface area contributed by atoms with E-state index in [9.17, 15) is 5.11 Å². The Balaban J connectivity index is 0.000000758. The van der Waals surface area contributed by atoms with E-state index in [1.807, 2.05) is 42.5 Å². The Morgan fingerprint density at radius 1 is 1.12 bits per heavy atom. The molecule has 0 spiro atoms. The Bertz CT molecular complexity index is 704. The van der Waals surface area contributed by atoms with Crippen molar-refractivity contribution in [3.63, 3.8) is 0 Å². The minimum atomic E-state index is -0.826. The molecule has 2 aromatic carbocycles. The van der Waals surface area contributed by atoms with Gasteiger partial charge in [-0.25, -0.2) is 0 Å². The fraction of sp³-hybridized carbons (Fsp3) is 0.350. The summed E-state index contributed by atoms with van der Waals surface area (Å²) >= 11 is -0.826. The van der Waals surface area contributed by atoms with Gasteiger partial charge in [-0.2, -0.15) is 0 Å². The average molecular weight is 472 g/mol. The zero-order valence-corrected chi connectivity index (χ0v) is 18.8. The van der Waals surface area contributed by atoms with Gasteiger partial charge in [0.2, 0.25) is 0 Å². The molecule has 1 N–H and O–H groups in total. The molecule has 138 valence electrons. The van der Waals surface area contributed by atoms with Gasteiger partial charge in [0.05, 0.1) is 7.11 Å². The van der Waals surface area contributed by atoms with Gasteiger partial charge in [-0.3, -0.25) is 4.99 Å². The number of hydrogen-bond donors (Lipinski definition) is 1. The summed E-state index contributed by atoms with van der Waals surface area (Å²) in [7, 11) is 11.5. The first-order chi connectivity index (χ1) is 12.7. The van der Waals surface area contributed by atoms with Crippen LogP contribution in [0.25, 0.3) is 11.1 Å². The molecule has 0 atom stereocenters. The fourth-order valence-corrected chi connectivity index (χ4v) is 3.10. The summed E-state index contributed by atoms with van der Waals surface area (Å²) in [4.78, 5) is 4.68. The molecule has 1 saturated carbocycles. The Labute approximate surface area is 174 Å². The van der Waals surface area contributed by atoms with Crippen molar-refractivity contribution in [3.8, 4) is 22.6 Å². The van der Waals surface area contributed by atoms with Gasteiger partial charge >= 0.3 is 37.9 Å². The molecule has 0 heterocycles. The summed E-state index contributed by atoms with van der Waals surface area (Å²) in [6, 6.07) is 13.9. The molecule has 0 saturated heterocycles. The molecule has 26 heavy (non-hydrogen) atoms. The molecule has 0 unspecified atom stereocenters. The van der Waals surface area contributed by atoms with Crippen molar-refractivity contribution in [2.24, 2.45) is 4.99 Å². The summed E-state index contributed by atoms with van der Waals surface area (Å²) in [6.07, 6.45) is 7.91. The summed E-state index contributed by atoms with van der Waals surface area (Å²) in [6.45, 7) is 0. The van der Waals surface area contributed by atoms with E-state index in [1.54, 1.807) is 13.3 Å². The van der Waals surface area contributed by atoms with Gasteiger partial charge in [0.1, 0.15) is 11.5 Å². The number of phenolic OH excluding ortho intramolecular Hbond substituents is 1. The Kier molecular flexibility index (Phi) is 9.74. The number of aromatic hydroxyl groups is 1. The number of benzene rings is 2. The van der Waals surface area contributed by atoms with Crippen LogP contribution in [-0.2, 0) is 20.8 Å². The zero-order valence-electron chi connectivity index (χ0n) is 14.8. The number of ether oxygens (including phenoxy) is 1. The molecule has 0 aromatic heterocycles. The van der Waals surface area contributed by atoms with E-state index in [2.05, 4.69) is 4.99 Å². The number of rotatable bonds is 4. The molecule has 3 nitrogen and oxygen atoms in total. The van der Waals surface area contributed by atoms with Gasteiger partial charge in [0.15, 0.2) is 0 Å². The summed E-state index contributed by atoms with van der Waals surface area (Å²) in [5.41, 5.74) is 2.46. The monoisotopic (exact) mass is 469 g/mol. The maximum absolute atomic E-state index is 10.6. The number of methoxy groups -OCH3 is 1. The first-order valence-electron chi connectivity index (χ1n) is 8.65. The summed E-state index contributed by atoms with van der Waals surface area (Å²) < 4.78 is 5.39. The first-order valence-corrected chi connectivity index (χ1v) is 15.0. The predicted octanol–water partition coefficient (Wildman–Crippen LogP) is 6.20. The molecule has 0 bridgehead atoms. The molecular weight excluding hydrogens is 448 g/mol. The quantitative estimate of drug-likeness (QED) is 0.540. The van der Waals surface area contributed by atoms with Gasteiger partial charge in [-0.15, -0.1) is 0 Å². The molecule has 0 aliphatic heterocycles. The molecule has 1 fully saturated rings. The van der Waals surface area contributed by atoms with Crippen LogP contribution < -0.4 is 4.74 Å². The molecule has 0 amide bonds. The van der Waals surface area contributed by atoms with E-state index < -0.39 is 20.8 Å². The van der Waals surface area contributed by atoms with Crippen molar-refractivity contribution in [1.82, 2.24) is 0 Å². The van der Waals surface area contributed by atoms with Crippen molar-refractivity contribution in [1.29, 1.82) is 0 Å². The Morgan fingerprint density at radius 2 is 1.77 bits per heavy atom. The van der Waals surface area contributed by atoms with Gasteiger partial charge in [0.25, 0.3) is 0 Å². The van der Waals surface area contributed by atoms with Crippen LogP contribution in [-0.4, -0.2) is 24.5 Å².